The highest BCUT2D eigenvalue weighted by molar-refractivity contribution is 5.97. The maximum Gasteiger partial charge on any atom is 0.228 e. The number of aromatic nitrogens is 4. The van der Waals surface area contributed by atoms with E-state index in [0.29, 0.717) is 5.82 Å². The molecule has 0 bridgehead atoms. The van der Waals surface area contributed by atoms with Crippen molar-refractivity contribution in [2.75, 3.05) is 25.5 Å². The number of aromatic amines is 1. The third-order valence-electron chi connectivity index (χ3n) is 5.59. The standard InChI is InChI=1S/C21H22N6O/c1-26-9-5-14(6-10-26)21(28)25-19-3-2-17-18(13-22-20(17)24-19)15-7-11-27-16(12-15)4-8-23-27/h2-4,7-8,11-14H,5-6,9-10H2,1H3,(H2,22,24,25,28). The van der Waals surface area contributed by atoms with Crippen LogP contribution in [-0.4, -0.2) is 50.5 Å². The zero-order valence-electron chi connectivity index (χ0n) is 15.7. The molecule has 0 saturated carbocycles. The van der Waals surface area contributed by atoms with Crippen LogP contribution in [0.2, 0.25) is 0 Å². The second kappa shape index (κ2) is 6.76. The van der Waals surface area contributed by atoms with E-state index in [4.69, 9.17) is 0 Å². The van der Waals surface area contributed by atoms with Gasteiger partial charge in [0.25, 0.3) is 0 Å². The van der Waals surface area contributed by atoms with Crippen LogP contribution in [0.4, 0.5) is 5.82 Å². The highest BCUT2D eigenvalue weighted by Gasteiger charge is 2.23. The molecule has 7 heteroatoms. The Labute approximate surface area is 162 Å². The Hall–Kier alpha value is -3.19. The van der Waals surface area contributed by atoms with Crippen LogP contribution in [-0.2, 0) is 4.79 Å². The molecular weight excluding hydrogens is 352 g/mol. The lowest BCUT2D eigenvalue weighted by atomic mass is 9.96. The number of rotatable bonds is 3. The molecule has 5 rings (SSSR count). The van der Waals surface area contributed by atoms with Gasteiger partial charge < -0.3 is 15.2 Å². The Morgan fingerprint density at radius 1 is 1.21 bits per heavy atom. The predicted molar refractivity (Wildman–Crippen MR) is 109 cm³/mol. The fourth-order valence-corrected chi connectivity index (χ4v) is 3.90. The summed E-state index contributed by atoms with van der Waals surface area (Å²) in [5, 5.41) is 8.26. The van der Waals surface area contributed by atoms with Gasteiger partial charge in [0.15, 0.2) is 0 Å². The van der Waals surface area contributed by atoms with Crippen LogP contribution in [0.25, 0.3) is 27.7 Å². The lowest BCUT2D eigenvalue weighted by Gasteiger charge is -2.27. The molecule has 142 valence electrons. The molecule has 0 aliphatic carbocycles. The minimum absolute atomic E-state index is 0.0651. The summed E-state index contributed by atoms with van der Waals surface area (Å²) >= 11 is 0. The predicted octanol–water partition coefficient (Wildman–Crippen LogP) is 3.16. The van der Waals surface area contributed by atoms with Crippen LogP contribution >= 0.6 is 0 Å². The van der Waals surface area contributed by atoms with Crippen molar-refractivity contribution in [1.29, 1.82) is 0 Å². The molecule has 0 radical (unpaired) electrons. The van der Waals surface area contributed by atoms with Crippen molar-refractivity contribution in [3.63, 3.8) is 0 Å². The summed E-state index contributed by atoms with van der Waals surface area (Å²) in [5.74, 6) is 0.726. The number of nitrogens with zero attached hydrogens (tertiary/aromatic N) is 4. The van der Waals surface area contributed by atoms with E-state index in [1.807, 2.05) is 41.2 Å². The Balaban J connectivity index is 1.39. The van der Waals surface area contributed by atoms with Gasteiger partial charge in [-0.2, -0.15) is 5.10 Å². The molecule has 4 aromatic rings. The van der Waals surface area contributed by atoms with E-state index in [-0.39, 0.29) is 11.8 Å². The van der Waals surface area contributed by atoms with E-state index < -0.39 is 0 Å². The monoisotopic (exact) mass is 374 g/mol. The minimum atomic E-state index is 0.0651. The Morgan fingerprint density at radius 2 is 2.07 bits per heavy atom. The lowest BCUT2D eigenvalue weighted by Crippen LogP contribution is -2.36. The lowest BCUT2D eigenvalue weighted by molar-refractivity contribution is -0.121. The molecule has 1 aliphatic rings. The number of carbonyl (C=O) groups is 1. The van der Waals surface area contributed by atoms with Crippen molar-refractivity contribution in [3.05, 3.63) is 48.9 Å². The molecule has 1 amide bonds. The van der Waals surface area contributed by atoms with Gasteiger partial charge in [0.2, 0.25) is 5.91 Å². The van der Waals surface area contributed by atoms with Crippen LogP contribution in [0.1, 0.15) is 12.8 Å². The molecule has 1 fully saturated rings. The van der Waals surface area contributed by atoms with E-state index in [0.717, 1.165) is 53.6 Å². The molecule has 7 nitrogen and oxygen atoms in total. The number of hydrogen-bond acceptors (Lipinski definition) is 4. The third-order valence-corrected chi connectivity index (χ3v) is 5.59. The van der Waals surface area contributed by atoms with Gasteiger partial charge in [0, 0.05) is 35.5 Å². The number of fused-ring (bicyclic) bond motifs is 2. The summed E-state index contributed by atoms with van der Waals surface area (Å²) < 4.78 is 1.84. The molecule has 0 aromatic carbocycles. The fourth-order valence-electron chi connectivity index (χ4n) is 3.90. The molecule has 1 aliphatic heterocycles. The van der Waals surface area contributed by atoms with E-state index in [1.165, 1.54) is 0 Å². The first-order valence-electron chi connectivity index (χ1n) is 9.59. The third kappa shape index (κ3) is 3.03. The van der Waals surface area contributed by atoms with Crippen molar-refractivity contribution >= 4 is 28.3 Å². The molecule has 0 spiro atoms. The molecule has 0 atom stereocenters. The molecular formula is C21H22N6O. The van der Waals surface area contributed by atoms with Crippen molar-refractivity contribution in [2.45, 2.75) is 12.8 Å². The highest BCUT2D eigenvalue weighted by atomic mass is 16.1. The molecule has 0 unspecified atom stereocenters. The summed E-state index contributed by atoms with van der Waals surface area (Å²) in [4.78, 5) is 22.7. The number of nitrogens with one attached hydrogen (secondary N) is 2. The Bertz CT molecular complexity index is 1150. The number of carbonyl (C=O) groups excluding carboxylic acids is 1. The maximum absolute atomic E-state index is 12.5. The SMILES string of the molecule is CN1CCC(C(=O)Nc2ccc3c(-c4ccn5nccc5c4)c[nH]c3n2)CC1. The second-order valence-corrected chi connectivity index (χ2v) is 7.48. The van der Waals surface area contributed by atoms with Gasteiger partial charge in [-0.1, -0.05) is 0 Å². The van der Waals surface area contributed by atoms with Crippen molar-refractivity contribution < 1.29 is 4.79 Å². The van der Waals surface area contributed by atoms with E-state index in [1.54, 1.807) is 6.20 Å². The van der Waals surface area contributed by atoms with Crippen molar-refractivity contribution in [2.24, 2.45) is 5.92 Å². The zero-order valence-corrected chi connectivity index (χ0v) is 15.7. The van der Waals surface area contributed by atoms with Gasteiger partial charge in [0.05, 0.1) is 5.52 Å². The number of hydrogen-bond donors (Lipinski definition) is 2. The van der Waals surface area contributed by atoms with Gasteiger partial charge in [-0.15, -0.1) is 0 Å². The summed E-state index contributed by atoms with van der Waals surface area (Å²) in [6.07, 6.45) is 7.49. The normalized spacial score (nSPS) is 16.0. The number of anilines is 1. The van der Waals surface area contributed by atoms with Crippen LogP contribution < -0.4 is 5.32 Å². The fraction of sp³-hybridized carbons (Fsp3) is 0.286. The van der Waals surface area contributed by atoms with Crippen molar-refractivity contribution in [3.8, 4) is 11.1 Å². The Kier molecular flexibility index (Phi) is 4.09. The van der Waals surface area contributed by atoms with Crippen LogP contribution in [0.15, 0.2) is 48.9 Å². The van der Waals surface area contributed by atoms with Crippen LogP contribution in [0.3, 0.4) is 0 Å². The van der Waals surface area contributed by atoms with E-state index in [2.05, 4.69) is 38.4 Å². The van der Waals surface area contributed by atoms with Gasteiger partial charge >= 0.3 is 0 Å². The summed E-state index contributed by atoms with van der Waals surface area (Å²) in [7, 11) is 2.09. The van der Waals surface area contributed by atoms with Gasteiger partial charge in [-0.3, -0.25) is 4.79 Å². The average molecular weight is 374 g/mol. The Morgan fingerprint density at radius 3 is 2.93 bits per heavy atom. The molecule has 4 aromatic heterocycles. The van der Waals surface area contributed by atoms with Gasteiger partial charge in [-0.05, 0) is 68.9 Å². The largest absolute Gasteiger partial charge is 0.345 e. The average Bonchev–Trinajstić information content (AvgIpc) is 3.34. The number of piperidine rings is 1. The number of likely N-dealkylation sites (tertiary alicyclic amines) is 1. The zero-order chi connectivity index (χ0) is 19.1. The van der Waals surface area contributed by atoms with Crippen molar-refractivity contribution in [1.82, 2.24) is 24.5 Å². The topological polar surface area (TPSA) is 78.3 Å². The summed E-state index contributed by atoms with van der Waals surface area (Å²) in [6.45, 7) is 1.93. The summed E-state index contributed by atoms with van der Waals surface area (Å²) in [6, 6.07) is 10.0. The highest BCUT2D eigenvalue weighted by Crippen LogP contribution is 2.29. The smallest absolute Gasteiger partial charge is 0.228 e. The maximum atomic E-state index is 12.5. The number of pyridine rings is 2. The first-order chi connectivity index (χ1) is 13.7. The minimum Gasteiger partial charge on any atom is -0.345 e. The van der Waals surface area contributed by atoms with E-state index >= 15 is 0 Å². The number of H-pyrrole nitrogens is 1. The van der Waals surface area contributed by atoms with Crippen LogP contribution in [0, 0.1) is 5.92 Å². The molecule has 1 saturated heterocycles. The molecule has 2 N–H and O–H groups in total. The molecule has 5 heterocycles. The van der Waals surface area contributed by atoms with Gasteiger partial charge in [0.1, 0.15) is 11.5 Å². The first-order valence-corrected chi connectivity index (χ1v) is 9.59. The summed E-state index contributed by atoms with van der Waals surface area (Å²) in [5.41, 5.74) is 4.00. The van der Waals surface area contributed by atoms with Gasteiger partial charge in [-0.25, -0.2) is 9.50 Å². The molecule has 28 heavy (non-hydrogen) atoms. The second-order valence-electron chi connectivity index (χ2n) is 7.48. The number of amides is 1. The quantitative estimate of drug-likeness (QED) is 0.577. The van der Waals surface area contributed by atoms with Crippen LogP contribution in [0.5, 0.6) is 0 Å². The van der Waals surface area contributed by atoms with E-state index in [9.17, 15) is 4.79 Å². The first kappa shape index (κ1) is 16.9.